The monoisotopic (exact) mass is 161 g/mol. The van der Waals surface area contributed by atoms with Crippen molar-refractivity contribution < 1.29 is 9.59 Å². The summed E-state index contributed by atoms with van der Waals surface area (Å²) in [5.41, 5.74) is 0. The molecule has 3 nitrogen and oxygen atoms in total. The van der Waals surface area contributed by atoms with Gasteiger partial charge < -0.3 is 10.1 Å². The van der Waals surface area contributed by atoms with Crippen LogP contribution in [0.15, 0.2) is 0 Å². The van der Waals surface area contributed by atoms with Crippen LogP contribution in [-0.4, -0.2) is 23.8 Å². The van der Waals surface area contributed by atoms with E-state index in [4.69, 9.17) is 0 Å². The molecule has 0 aliphatic rings. The van der Waals surface area contributed by atoms with Crippen molar-refractivity contribution in [3.8, 4) is 0 Å². The van der Waals surface area contributed by atoms with Gasteiger partial charge in [-0.05, 0) is 0 Å². The summed E-state index contributed by atoms with van der Waals surface area (Å²) < 4.78 is 0. The molecule has 0 unspecified atom stereocenters. The average Bonchev–Trinajstić information content (AvgIpc) is 1.87. The molecule has 0 atom stereocenters. The first-order valence-corrected chi connectivity index (χ1v) is 4.18. The van der Waals surface area contributed by atoms with E-state index in [0.717, 1.165) is 12.0 Å². The molecule has 0 saturated carbocycles. The molecule has 0 aromatic rings. The predicted octanol–water partition coefficient (Wildman–Crippen LogP) is 0.402. The van der Waals surface area contributed by atoms with Gasteiger partial charge >= 0.3 is 0 Å². The number of thioether (sulfide) groups is 1. The van der Waals surface area contributed by atoms with Gasteiger partial charge in [0.05, 0.1) is 5.88 Å². The van der Waals surface area contributed by atoms with Crippen molar-refractivity contribution in [1.82, 2.24) is 5.32 Å². The second-order valence-corrected chi connectivity index (χ2v) is 2.85. The molecule has 10 heavy (non-hydrogen) atoms. The Morgan fingerprint density at radius 1 is 1.70 bits per heavy atom. The van der Waals surface area contributed by atoms with Crippen molar-refractivity contribution in [2.75, 3.05) is 11.6 Å². The molecular weight excluding hydrogens is 150 g/mol. The third-order valence-electron chi connectivity index (χ3n) is 0.803. The van der Waals surface area contributed by atoms with Crippen molar-refractivity contribution in [2.45, 2.75) is 13.3 Å². The molecule has 0 aliphatic heterocycles. The number of hydrogen-bond acceptors (Lipinski definition) is 3. The van der Waals surface area contributed by atoms with Crippen LogP contribution >= 0.6 is 11.8 Å². The Morgan fingerprint density at radius 3 is 2.90 bits per heavy atom. The maximum absolute atomic E-state index is 10.3. The average molecular weight is 161 g/mol. The Balaban J connectivity index is 2.90. The van der Waals surface area contributed by atoms with Crippen LogP contribution in [-0.2, 0) is 9.59 Å². The topological polar surface area (TPSA) is 46.2 Å². The number of hydrogen-bond donors (Lipinski definition) is 1. The van der Waals surface area contributed by atoms with Gasteiger partial charge in [-0.3, -0.25) is 4.79 Å². The lowest BCUT2D eigenvalue weighted by Gasteiger charge is -1.98. The van der Waals surface area contributed by atoms with E-state index in [1.54, 1.807) is 11.8 Å². The molecule has 0 aromatic heterocycles. The van der Waals surface area contributed by atoms with Crippen LogP contribution in [0, 0.1) is 0 Å². The molecule has 58 valence electrons. The van der Waals surface area contributed by atoms with Gasteiger partial charge in [0.2, 0.25) is 5.91 Å². The molecule has 0 bridgehead atoms. The predicted molar refractivity (Wildman–Crippen MR) is 41.8 cm³/mol. The van der Waals surface area contributed by atoms with E-state index in [0.29, 0.717) is 12.3 Å². The summed E-state index contributed by atoms with van der Waals surface area (Å²) in [6, 6.07) is 0. The summed E-state index contributed by atoms with van der Waals surface area (Å²) in [5.74, 6) is 1.35. The lowest BCUT2D eigenvalue weighted by atomic mass is 10.6. The minimum atomic E-state index is -0.0291. The maximum atomic E-state index is 10.3. The number of nitrogens with one attached hydrogen (secondary N) is 1. The Hall–Kier alpha value is -0.510. The van der Waals surface area contributed by atoms with E-state index < -0.39 is 0 Å². The van der Waals surface area contributed by atoms with Crippen molar-refractivity contribution in [1.29, 1.82) is 0 Å². The Labute approximate surface area is 64.6 Å². The summed E-state index contributed by atoms with van der Waals surface area (Å²) >= 11 is 1.54. The normalized spacial score (nSPS) is 8.90. The largest absolute Gasteiger partial charge is 0.347 e. The molecule has 1 N–H and O–H groups in total. The van der Waals surface area contributed by atoms with Crippen LogP contribution in [0.25, 0.3) is 0 Å². The molecule has 0 fully saturated rings. The summed E-state index contributed by atoms with van der Waals surface area (Å²) in [6.45, 7) is 1.47. The first-order valence-electron chi connectivity index (χ1n) is 3.03. The summed E-state index contributed by atoms with van der Waals surface area (Å²) in [6.07, 6.45) is 1.44. The van der Waals surface area contributed by atoms with Crippen LogP contribution in [0.3, 0.4) is 0 Å². The third-order valence-corrected chi connectivity index (χ3v) is 1.68. The van der Waals surface area contributed by atoms with Crippen LogP contribution < -0.4 is 5.32 Å². The smallest absolute Gasteiger partial charge is 0.217 e. The van der Waals surface area contributed by atoms with E-state index >= 15 is 0 Å². The standard InChI is InChI=1S/C6H11NO2S/c1-6(9)7-5-10-4-2-3-8/h3H,2,4-5H2,1H3,(H,7,9). The van der Waals surface area contributed by atoms with Gasteiger partial charge in [0.25, 0.3) is 0 Å². The second-order valence-electron chi connectivity index (χ2n) is 1.74. The lowest BCUT2D eigenvalue weighted by molar-refractivity contribution is -0.118. The van der Waals surface area contributed by atoms with Gasteiger partial charge in [0.1, 0.15) is 6.29 Å². The van der Waals surface area contributed by atoms with Gasteiger partial charge in [-0.15, -0.1) is 11.8 Å². The zero-order chi connectivity index (χ0) is 7.82. The van der Waals surface area contributed by atoms with E-state index in [1.165, 1.54) is 6.92 Å². The highest BCUT2D eigenvalue weighted by Gasteiger charge is 1.89. The molecule has 0 radical (unpaired) electrons. The molecule has 0 heterocycles. The van der Waals surface area contributed by atoms with Crippen molar-refractivity contribution in [3.05, 3.63) is 0 Å². The van der Waals surface area contributed by atoms with E-state index in [2.05, 4.69) is 5.32 Å². The summed E-state index contributed by atoms with van der Waals surface area (Å²) in [4.78, 5) is 20.1. The highest BCUT2D eigenvalue weighted by Crippen LogP contribution is 1.97. The highest BCUT2D eigenvalue weighted by atomic mass is 32.2. The minimum Gasteiger partial charge on any atom is -0.347 e. The van der Waals surface area contributed by atoms with Gasteiger partial charge in [0, 0.05) is 19.1 Å². The summed E-state index contributed by atoms with van der Waals surface area (Å²) in [7, 11) is 0. The number of carbonyl (C=O) groups excluding carboxylic acids is 2. The van der Waals surface area contributed by atoms with E-state index in [9.17, 15) is 9.59 Å². The molecule has 0 saturated heterocycles. The van der Waals surface area contributed by atoms with E-state index in [1.807, 2.05) is 0 Å². The van der Waals surface area contributed by atoms with Gasteiger partial charge in [-0.2, -0.15) is 0 Å². The van der Waals surface area contributed by atoms with Crippen molar-refractivity contribution >= 4 is 24.0 Å². The van der Waals surface area contributed by atoms with Crippen LogP contribution in [0.2, 0.25) is 0 Å². The quantitative estimate of drug-likeness (QED) is 0.361. The summed E-state index contributed by atoms with van der Waals surface area (Å²) in [5, 5.41) is 2.61. The fourth-order valence-electron chi connectivity index (χ4n) is 0.356. The fraction of sp³-hybridized carbons (Fsp3) is 0.667. The molecule has 0 rings (SSSR count). The number of amides is 1. The van der Waals surface area contributed by atoms with Crippen LogP contribution in [0.1, 0.15) is 13.3 Å². The zero-order valence-electron chi connectivity index (χ0n) is 5.92. The lowest BCUT2D eigenvalue weighted by Crippen LogP contribution is -2.18. The minimum absolute atomic E-state index is 0.0291. The van der Waals surface area contributed by atoms with Crippen LogP contribution in [0.5, 0.6) is 0 Å². The SMILES string of the molecule is CC(=O)NCSCCC=O. The molecule has 1 amide bonds. The van der Waals surface area contributed by atoms with Crippen molar-refractivity contribution in [2.24, 2.45) is 0 Å². The van der Waals surface area contributed by atoms with Gasteiger partial charge in [-0.25, -0.2) is 0 Å². The van der Waals surface area contributed by atoms with Crippen LogP contribution in [0.4, 0.5) is 0 Å². The second kappa shape index (κ2) is 6.61. The Kier molecular flexibility index (Phi) is 6.27. The molecule has 0 aromatic carbocycles. The number of carbonyl (C=O) groups is 2. The van der Waals surface area contributed by atoms with Gasteiger partial charge in [0.15, 0.2) is 0 Å². The van der Waals surface area contributed by atoms with Gasteiger partial charge in [-0.1, -0.05) is 0 Å². The number of aldehydes is 1. The first kappa shape index (κ1) is 9.49. The first-order chi connectivity index (χ1) is 4.77. The van der Waals surface area contributed by atoms with Crippen molar-refractivity contribution in [3.63, 3.8) is 0 Å². The maximum Gasteiger partial charge on any atom is 0.217 e. The fourth-order valence-corrected chi connectivity index (χ4v) is 1.07. The molecule has 0 aliphatic carbocycles. The van der Waals surface area contributed by atoms with E-state index in [-0.39, 0.29) is 5.91 Å². The zero-order valence-corrected chi connectivity index (χ0v) is 6.74. The number of rotatable bonds is 5. The Morgan fingerprint density at radius 2 is 2.40 bits per heavy atom. The molecule has 4 heteroatoms. The molecule has 0 spiro atoms. The molecular formula is C6H11NO2S. The Bertz CT molecular complexity index is 116. The highest BCUT2D eigenvalue weighted by molar-refractivity contribution is 7.99. The third kappa shape index (κ3) is 7.49.